The molecule has 1 aromatic heterocycles. The molecule has 1 aromatic carbocycles. The van der Waals surface area contributed by atoms with Crippen molar-refractivity contribution in [2.75, 3.05) is 5.32 Å². The van der Waals surface area contributed by atoms with Crippen LogP contribution in [0.25, 0.3) is 0 Å². The second-order valence-corrected chi connectivity index (χ2v) is 5.03. The Hall–Kier alpha value is -2.51. The Morgan fingerprint density at radius 1 is 1.23 bits per heavy atom. The van der Waals surface area contributed by atoms with Gasteiger partial charge in [-0.05, 0) is 26.0 Å². The van der Waals surface area contributed by atoms with E-state index in [0.29, 0.717) is 0 Å². The highest BCUT2D eigenvalue weighted by Gasteiger charge is 2.50. The maximum Gasteiger partial charge on any atom is 0.419 e. The third kappa shape index (κ3) is 3.38. The van der Waals surface area contributed by atoms with Gasteiger partial charge < -0.3 is 9.26 Å². The number of carbonyl (C=O) groups is 1. The minimum atomic E-state index is -4.49. The van der Waals surface area contributed by atoms with Crippen LogP contribution < -0.4 is 10.1 Å². The number of nitrogens with zero attached hydrogens (tertiary/aromatic N) is 1. The first-order valence-corrected chi connectivity index (χ1v) is 6.28. The third-order valence-corrected chi connectivity index (χ3v) is 3.04. The number of amides is 1. The van der Waals surface area contributed by atoms with Crippen molar-refractivity contribution in [1.29, 1.82) is 0 Å². The lowest BCUT2D eigenvalue weighted by Gasteiger charge is -2.24. The molecule has 118 valence electrons. The maximum absolute atomic E-state index is 12.9. The van der Waals surface area contributed by atoms with E-state index < -0.39 is 17.7 Å². The van der Waals surface area contributed by atoms with Crippen LogP contribution in [0.5, 0.6) is 5.75 Å². The van der Waals surface area contributed by atoms with Gasteiger partial charge in [0.25, 0.3) is 0 Å². The van der Waals surface area contributed by atoms with E-state index in [1.165, 1.54) is 0 Å². The first kappa shape index (κ1) is 15.9. The molecule has 0 saturated carbocycles. The Labute approximate surface area is 124 Å². The van der Waals surface area contributed by atoms with Crippen LogP contribution in [-0.4, -0.2) is 17.4 Å². The van der Waals surface area contributed by atoms with Crippen molar-refractivity contribution in [1.82, 2.24) is 5.16 Å². The number of ether oxygens (including phenoxy) is 1. The van der Waals surface area contributed by atoms with Crippen LogP contribution in [0.15, 0.2) is 40.9 Å². The molecule has 0 spiro atoms. The number of carbonyl (C=O) groups excluding carboxylic acids is 1. The number of hydrogen-bond donors (Lipinski definition) is 1. The highest BCUT2D eigenvalue weighted by atomic mass is 19.4. The summed E-state index contributed by atoms with van der Waals surface area (Å²) in [7, 11) is 0. The number of aromatic nitrogens is 1. The largest absolute Gasteiger partial charge is 0.419 e. The summed E-state index contributed by atoms with van der Waals surface area (Å²) in [6, 6.07) is 9.20. The molecule has 8 heteroatoms. The number of benzene rings is 1. The fraction of sp³-hybridized carbons (Fsp3) is 0.286. The predicted octanol–water partition coefficient (Wildman–Crippen LogP) is 4.13. The van der Waals surface area contributed by atoms with Crippen molar-refractivity contribution >= 4 is 12.0 Å². The van der Waals surface area contributed by atoms with Crippen molar-refractivity contribution in [3.8, 4) is 5.75 Å². The van der Waals surface area contributed by atoms with Gasteiger partial charge in [-0.25, -0.2) is 4.79 Å². The van der Waals surface area contributed by atoms with Gasteiger partial charge in [-0.2, -0.15) is 13.2 Å². The summed E-state index contributed by atoms with van der Waals surface area (Å²) < 4.78 is 48.3. The number of alkyl halides is 3. The number of nitrogens with one attached hydrogen (secondary N) is 1. The number of anilines is 1. The highest BCUT2D eigenvalue weighted by molar-refractivity contribution is 5.84. The van der Waals surface area contributed by atoms with E-state index in [-0.39, 0.29) is 17.3 Å². The average Bonchev–Trinajstić information content (AvgIpc) is 2.87. The molecule has 0 radical (unpaired) electrons. The summed E-state index contributed by atoms with van der Waals surface area (Å²) in [5.74, 6) is 0.0589. The van der Waals surface area contributed by atoms with Crippen molar-refractivity contribution in [3.05, 3.63) is 42.1 Å². The van der Waals surface area contributed by atoms with Crippen LogP contribution in [0.3, 0.4) is 0 Å². The Morgan fingerprint density at radius 2 is 1.86 bits per heavy atom. The van der Waals surface area contributed by atoms with E-state index in [4.69, 9.17) is 9.26 Å². The summed E-state index contributed by atoms with van der Waals surface area (Å²) in [5.41, 5.74) is -2.53. The van der Waals surface area contributed by atoms with Gasteiger partial charge >= 0.3 is 12.3 Å². The third-order valence-electron chi connectivity index (χ3n) is 3.04. The molecule has 2 rings (SSSR count). The van der Waals surface area contributed by atoms with Gasteiger partial charge in [-0.3, -0.25) is 5.32 Å². The summed E-state index contributed by atoms with van der Waals surface area (Å²) in [5, 5.41) is 5.53. The number of para-hydroxylation sites is 1. The zero-order valence-electron chi connectivity index (χ0n) is 11.8. The molecule has 1 heterocycles. The number of hydrogen-bond acceptors (Lipinski definition) is 4. The van der Waals surface area contributed by atoms with Gasteiger partial charge in [0.2, 0.25) is 5.88 Å². The highest BCUT2D eigenvalue weighted by Crippen LogP contribution is 2.40. The van der Waals surface area contributed by atoms with Crippen molar-refractivity contribution in [3.63, 3.8) is 0 Å². The molecule has 0 bridgehead atoms. The Kier molecular flexibility index (Phi) is 4.11. The zero-order chi connectivity index (χ0) is 16.4. The molecule has 0 unspecified atom stereocenters. The monoisotopic (exact) mass is 314 g/mol. The van der Waals surface area contributed by atoms with Crippen LogP contribution in [0.2, 0.25) is 0 Å². The summed E-state index contributed by atoms with van der Waals surface area (Å²) >= 11 is 0. The Balaban J connectivity index is 2.05. The summed E-state index contributed by atoms with van der Waals surface area (Å²) in [6.07, 6.45) is -5.38. The van der Waals surface area contributed by atoms with E-state index in [0.717, 1.165) is 19.9 Å². The van der Waals surface area contributed by atoms with Crippen molar-refractivity contribution < 1.29 is 27.2 Å². The first-order chi connectivity index (χ1) is 10.2. The van der Waals surface area contributed by atoms with Crippen LogP contribution in [0, 0.1) is 0 Å². The van der Waals surface area contributed by atoms with E-state index in [1.54, 1.807) is 30.3 Å². The molecule has 0 fully saturated rings. The summed E-state index contributed by atoms with van der Waals surface area (Å²) in [4.78, 5) is 11.6. The predicted molar refractivity (Wildman–Crippen MR) is 71.7 cm³/mol. The number of rotatable bonds is 3. The molecule has 1 N–H and O–H groups in total. The molecular formula is C14H13F3N2O3. The first-order valence-electron chi connectivity index (χ1n) is 6.28. The van der Waals surface area contributed by atoms with Crippen molar-refractivity contribution in [2.24, 2.45) is 0 Å². The second kappa shape index (κ2) is 5.70. The number of halogens is 3. The molecule has 1 amide bonds. The molecule has 2 aromatic rings. The van der Waals surface area contributed by atoms with E-state index in [9.17, 15) is 18.0 Å². The second-order valence-electron chi connectivity index (χ2n) is 5.03. The quantitative estimate of drug-likeness (QED) is 0.925. The van der Waals surface area contributed by atoms with Crippen LogP contribution in [0.1, 0.15) is 19.5 Å². The SMILES string of the molecule is CC(C)(c1cc(NC(=O)Oc2ccccc2)on1)C(F)(F)F. The molecular weight excluding hydrogens is 301 g/mol. The fourth-order valence-electron chi connectivity index (χ4n) is 1.50. The lowest BCUT2D eigenvalue weighted by Crippen LogP contribution is -2.36. The van der Waals surface area contributed by atoms with Crippen LogP contribution in [-0.2, 0) is 5.41 Å². The van der Waals surface area contributed by atoms with Crippen LogP contribution in [0.4, 0.5) is 23.8 Å². The lowest BCUT2D eigenvalue weighted by molar-refractivity contribution is -0.181. The standard InChI is InChI=1S/C14H13F3N2O3/c1-13(2,14(15,16)17)10-8-11(22-19-10)18-12(20)21-9-6-4-3-5-7-9/h3-8H,1-2H3,(H,18,20). The average molecular weight is 314 g/mol. The topological polar surface area (TPSA) is 64.4 Å². The van der Waals surface area contributed by atoms with Gasteiger partial charge in [-0.15, -0.1) is 0 Å². The van der Waals surface area contributed by atoms with Gasteiger partial charge in [0.1, 0.15) is 16.9 Å². The Bertz CT molecular complexity index is 651. The van der Waals surface area contributed by atoms with E-state index in [2.05, 4.69) is 10.5 Å². The van der Waals surface area contributed by atoms with Crippen LogP contribution >= 0.6 is 0 Å². The summed E-state index contributed by atoms with van der Waals surface area (Å²) in [6.45, 7) is 1.94. The minimum Gasteiger partial charge on any atom is -0.410 e. The molecule has 0 aliphatic carbocycles. The van der Waals surface area contributed by atoms with Gasteiger partial charge in [0.15, 0.2) is 0 Å². The maximum atomic E-state index is 12.9. The molecule has 0 atom stereocenters. The van der Waals surface area contributed by atoms with Crippen molar-refractivity contribution in [2.45, 2.75) is 25.4 Å². The fourth-order valence-corrected chi connectivity index (χ4v) is 1.50. The molecule has 5 nitrogen and oxygen atoms in total. The molecule has 0 saturated heterocycles. The van der Waals surface area contributed by atoms with Gasteiger partial charge in [-0.1, -0.05) is 23.4 Å². The zero-order valence-corrected chi connectivity index (χ0v) is 11.8. The van der Waals surface area contributed by atoms with E-state index >= 15 is 0 Å². The normalized spacial score (nSPS) is 12.0. The molecule has 0 aliphatic heterocycles. The van der Waals surface area contributed by atoms with Gasteiger partial charge in [0.05, 0.1) is 0 Å². The molecule has 22 heavy (non-hydrogen) atoms. The lowest BCUT2D eigenvalue weighted by atomic mass is 9.89. The Morgan fingerprint density at radius 3 is 2.45 bits per heavy atom. The van der Waals surface area contributed by atoms with Gasteiger partial charge in [0, 0.05) is 6.07 Å². The van der Waals surface area contributed by atoms with E-state index in [1.807, 2.05) is 0 Å². The smallest absolute Gasteiger partial charge is 0.410 e. The minimum absolute atomic E-state index is 0.228. The molecule has 0 aliphatic rings.